The molecule has 2 aromatic rings. The Hall–Kier alpha value is -1.70. The van der Waals surface area contributed by atoms with Crippen molar-refractivity contribution in [2.75, 3.05) is 26.2 Å². The Morgan fingerprint density at radius 1 is 1.00 bits per heavy atom. The second kappa shape index (κ2) is 7.90. The lowest BCUT2D eigenvalue weighted by Gasteiger charge is -2.33. The fourth-order valence-corrected chi connectivity index (χ4v) is 5.88. The molecule has 3 rings (SSSR count). The van der Waals surface area contributed by atoms with Crippen molar-refractivity contribution in [3.63, 3.8) is 0 Å². The fourth-order valence-electron chi connectivity index (χ4n) is 3.02. The summed E-state index contributed by atoms with van der Waals surface area (Å²) in [6.45, 7) is 5.56. The van der Waals surface area contributed by atoms with E-state index in [1.54, 1.807) is 11.0 Å². The van der Waals surface area contributed by atoms with Gasteiger partial charge in [0.25, 0.3) is 10.0 Å². The molecule has 0 radical (unpaired) electrons. The minimum absolute atomic E-state index is 0.0922. The summed E-state index contributed by atoms with van der Waals surface area (Å²) >= 11 is 1.29. The van der Waals surface area contributed by atoms with Crippen LogP contribution in [0.2, 0.25) is 0 Å². The van der Waals surface area contributed by atoms with Crippen molar-refractivity contribution < 1.29 is 13.2 Å². The van der Waals surface area contributed by atoms with Crippen molar-refractivity contribution in [1.82, 2.24) is 9.21 Å². The molecule has 140 valence electrons. The summed E-state index contributed by atoms with van der Waals surface area (Å²) in [6.07, 6.45) is 1.17. The van der Waals surface area contributed by atoms with Gasteiger partial charge in [-0.2, -0.15) is 4.31 Å². The van der Waals surface area contributed by atoms with Gasteiger partial charge in [-0.1, -0.05) is 29.8 Å². The van der Waals surface area contributed by atoms with Crippen LogP contribution in [0.25, 0.3) is 0 Å². The average Bonchev–Trinajstić information content (AvgIpc) is 3.08. The van der Waals surface area contributed by atoms with E-state index in [1.165, 1.54) is 21.2 Å². The predicted molar refractivity (Wildman–Crippen MR) is 104 cm³/mol. The minimum atomic E-state index is -3.44. The van der Waals surface area contributed by atoms with E-state index in [0.717, 1.165) is 10.4 Å². The summed E-state index contributed by atoms with van der Waals surface area (Å²) in [7, 11) is -3.44. The molecular formula is C19H24N2O3S2. The third-order valence-electron chi connectivity index (χ3n) is 4.65. The first kappa shape index (κ1) is 19.1. The fraction of sp³-hybridized carbons (Fsp3) is 0.421. The molecule has 0 spiro atoms. The van der Waals surface area contributed by atoms with Crippen molar-refractivity contribution in [1.29, 1.82) is 0 Å². The van der Waals surface area contributed by atoms with E-state index in [0.29, 0.717) is 43.2 Å². The van der Waals surface area contributed by atoms with Gasteiger partial charge in [-0.15, -0.1) is 11.3 Å². The zero-order chi connectivity index (χ0) is 18.7. The van der Waals surface area contributed by atoms with Crippen LogP contribution >= 0.6 is 11.3 Å². The Balaban J connectivity index is 1.53. The van der Waals surface area contributed by atoms with Gasteiger partial charge in [0, 0.05) is 37.5 Å². The molecule has 0 bridgehead atoms. The Kier molecular flexibility index (Phi) is 5.79. The van der Waals surface area contributed by atoms with Crippen LogP contribution in [0, 0.1) is 13.8 Å². The number of benzene rings is 1. The number of aryl methyl sites for hydroxylation is 3. The second-order valence-electron chi connectivity index (χ2n) is 6.64. The molecule has 1 aliphatic rings. The molecule has 0 aliphatic carbocycles. The molecule has 26 heavy (non-hydrogen) atoms. The summed E-state index contributed by atoms with van der Waals surface area (Å²) in [6, 6.07) is 11.7. The molecule has 0 N–H and O–H groups in total. The summed E-state index contributed by atoms with van der Waals surface area (Å²) in [4.78, 5) is 15.2. The molecule has 1 aromatic carbocycles. The van der Waals surface area contributed by atoms with Gasteiger partial charge in [-0.3, -0.25) is 4.79 Å². The Morgan fingerprint density at radius 3 is 2.23 bits per heavy atom. The van der Waals surface area contributed by atoms with Crippen molar-refractivity contribution in [2.45, 2.75) is 30.9 Å². The average molecular weight is 393 g/mol. The first-order valence-electron chi connectivity index (χ1n) is 8.76. The van der Waals surface area contributed by atoms with Gasteiger partial charge in [0.1, 0.15) is 4.21 Å². The number of piperazine rings is 1. The smallest absolute Gasteiger partial charge is 0.252 e. The van der Waals surface area contributed by atoms with Gasteiger partial charge in [0.05, 0.1) is 0 Å². The van der Waals surface area contributed by atoms with Crippen LogP contribution in [0.15, 0.2) is 40.6 Å². The van der Waals surface area contributed by atoms with Crippen LogP contribution in [0.1, 0.15) is 22.4 Å². The highest BCUT2D eigenvalue weighted by molar-refractivity contribution is 7.91. The number of carbonyl (C=O) groups is 1. The van der Waals surface area contributed by atoms with Crippen LogP contribution in [0.4, 0.5) is 0 Å². The van der Waals surface area contributed by atoms with E-state index in [2.05, 4.69) is 24.3 Å². The predicted octanol–water partition coefficient (Wildman–Crippen LogP) is 2.83. The van der Waals surface area contributed by atoms with Crippen molar-refractivity contribution in [3.05, 3.63) is 52.4 Å². The maximum atomic E-state index is 12.6. The maximum Gasteiger partial charge on any atom is 0.252 e. The lowest BCUT2D eigenvalue weighted by atomic mass is 10.1. The van der Waals surface area contributed by atoms with Crippen LogP contribution in [-0.4, -0.2) is 49.7 Å². The third-order valence-corrected chi connectivity index (χ3v) is 8.02. The van der Waals surface area contributed by atoms with Crippen molar-refractivity contribution >= 4 is 27.3 Å². The standard InChI is InChI=1S/C19H24N2O3S2/c1-15-3-6-17(7-4-15)8-9-18(22)20-11-13-21(14-12-20)26(23,24)19-10-5-16(2)25-19/h3-7,10H,8-9,11-14H2,1-2H3. The zero-order valence-electron chi connectivity index (χ0n) is 15.1. The summed E-state index contributed by atoms with van der Waals surface area (Å²) in [5, 5.41) is 0. The zero-order valence-corrected chi connectivity index (χ0v) is 16.8. The number of thiophene rings is 1. The number of sulfonamides is 1. The molecule has 1 amide bonds. The lowest BCUT2D eigenvalue weighted by Crippen LogP contribution is -2.50. The van der Waals surface area contributed by atoms with Gasteiger partial charge < -0.3 is 4.90 Å². The van der Waals surface area contributed by atoms with Crippen molar-refractivity contribution in [2.24, 2.45) is 0 Å². The molecule has 0 atom stereocenters. The normalized spacial score (nSPS) is 16.0. The van der Waals surface area contributed by atoms with Gasteiger partial charge in [-0.05, 0) is 38.0 Å². The molecule has 7 heteroatoms. The second-order valence-corrected chi connectivity index (χ2v) is 10.1. The summed E-state index contributed by atoms with van der Waals surface area (Å²) < 4.78 is 27.2. The lowest BCUT2D eigenvalue weighted by molar-refractivity contribution is -0.132. The number of hydrogen-bond donors (Lipinski definition) is 0. The molecule has 0 unspecified atom stereocenters. The molecule has 1 fully saturated rings. The first-order valence-corrected chi connectivity index (χ1v) is 11.0. The quantitative estimate of drug-likeness (QED) is 0.786. The van der Waals surface area contributed by atoms with E-state index in [1.807, 2.05) is 19.9 Å². The number of carbonyl (C=O) groups excluding carboxylic acids is 1. The Labute approximate surface area is 159 Å². The molecule has 0 saturated carbocycles. The van der Waals surface area contributed by atoms with Crippen LogP contribution < -0.4 is 0 Å². The van der Waals surface area contributed by atoms with E-state index in [-0.39, 0.29) is 5.91 Å². The highest BCUT2D eigenvalue weighted by Crippen LogP contribution is 2.25. The number of amides is 1. The van der Waals surface area contributed by atoms with E-state index in [4.69, 9.17) is 0 Å². The highest BCUT2D eigenvalue weighted by atomic mass is 32.2. The van der Waals surface area contributed by atoms with Gasteiger partial charge in [0.2, 0.25) is 5.91 Å². The van der Waals surface area contributed by atoms with Gasteiger partial charge >= 0.3 is 0 Å². The van der Waals surface area contributed by atoms with Crippen LogP contribution in [0.5, 0.6) is 0 Å². The monoisotopic (exact) mass is 392 g/mol. The van der Waals surface area contributed by atoms with E-state index >= 15 is 0 Å². The van der Waals surface area contributed by atoms with E-state index in [9.17, 15) is 13.2 Å². The highest BCUT2D eigenvalue weighted by Gasteiger charge is 2.30. The Morgan fingerprint density at radius 2 is 1.65 bits per heavy atom. The first-order chi connectivity index (χ1) is 12.4. The number of nitrogens with zero attached hydrogens (tertiary/aromatic N) is 2. The molecule has 5 nitrogen and oxygen atoms in total. The molecule has 1 aliphatic heterocycles. The molecule has 1 aromatic heterocycles. The summed E-state index contributed by atoms with van der Waals surface area (Å²) in [5.74, 6) is 0.0922. The minimum Gasteiger partial charge on any atom is -0.340 e. The molecule has 2 heterocycles. The van der Waals surface area contributed by atoms with Crippen LogP contribution in [-0.2, 0) is 21.2 Å². The van der Waals surface area contributed by atoms with E-state index < -0.39 is 10.0 Å². The largest absolute Gasteiger partial charge is 0.340 e. The number of rotatable bonds is 5. The number of hydrogen-bond acceptors (Lipinski definition) is 4. The molecule has 1 saturated heterocycles. The third kappa shape index (κ3) is 4.34. The maximum absolute atomic E-state index is 12.6. The van der Waals surface area contributed by atoms with Crippen LogP contribution in [0.3, 0.4) is 0 Å². The topological polar surface area (TPSA) is 57.7 Å². The van der Waals surface area contributed by atoms with Gasteiger partial charge in [0.15, 0.2) is 0 Å². The van der Waals surface area contributed by atoms with Crippen molar-refractivity contribution in [3.8, 4) is 0 Å². The van der Waals surface area contributed by atoms with Gasteiger partial charge in [-0.25, -0.2) is 8.42 Å². The SMILES string of the molecule is Cc1ccc(CCC(=O)N2CCN(S(=O)(=O)c3ccc(C)s3)CC2)cc1. The molecular weight excluding hydrogens is 368 g/mol. The summed E-state index contributed by atoms with van der Waals surface area (Å²) in [5.41, 5.74) is 2.36. The Bertz CT molecular complexity index is 864.